The number of hydrogen-bond donors (Lipinski definition) is 1. The number of carbonyl (C=O) groups excluding carboxylic acids is 5. The molecule has 0 aliphatic rings. The molecule has 0 saturated carbocycles. The van der Waals surface area contributed by atoms with E-state index in [-0.39, 0.29) is 11.6 Å². The number of nitrogens with one attached hydrogen (secondary N) is 1. The first-order valence-electron chi connectivity index (χ1n) is 11.5. The van der Waals surface area contributed by atoms with Crippen molar-refractivity contribution in [2.45, 2.75) is 52.9 Å². The molecule has 0 amide bonds. The summed E-state index contributed by atoms with van der Waals surface area (Å²) in [5, 5.41) is 3.93. The number of hydrogen-bond acceptors (Lipinski definition) is 13. The normalized spacial score (nSPS) is 13.1. The highest BCUT2D eigenvalue weighted by atomic mass is 16.6. The van der Waals surface area contributed by atoms with Crippen LogP contribution in [-0.4, -0.2) is 70.5 Å². The zero-order chi connectivity index (χ0) is 29.1. The third-order valence-electron chi connectivity index (χ3n) is 4.75. The van der Waals surface area contributed by atoms with Crippen molar-refractivity contribution in [3.63, 3.8) is 0 Å². The average Bonchev–Trinajstić information content (AvgIpc) is 2.84. The lowest BCUT2D eigenvalue weighted by Crippen LogP contribution is -2.48. The first-order valence-corrected chi connectivity index (χ1v) is 11.5. The zero-order valence-corrected chi connectivity index (χ0v) is 21.9. The fourth-order valence-corrected chi connectivity index (χ4v) is 3.32. The van der Waals surface area contributed by atoms with Crippen molar-refractivity contribution in [2.24, 2.45) is 5.10 Å². The first-order chi connectivity index (χ1) is 18.4. The standard InChI is InChI=1S/C25H28N4O10/c1-14(30)29-23(35)11-20(19-9-7-6-8-10-19)27-25(29)28-26-12-21(37-16(3)32)24(39-18(5)34)22(38-17(4)33)13-36-15(2)31/h6-12,21-22,24H,13H2,1-5H3,(H,27,28)/b26-12+/t21-,22-,24+/m0/s1. The van der Waals surface area contributed by atoms with E-state index in [1.807, 2.05) is 0 Å². The maximum Gasteiger partial charge on any atom is 0.303 e. The summed E-state index contributed by atoms with van der Waals surface area (Å²) in [6, 6.07) is 9.88. The summed E-state index contributed by atoms with van der Waals surface area (Å²) in [5.74, 6) is -4.07. The van der Waals surface area contributed by atoms with Gasteiger partial charge in [-0.2, -0.15) is 5.10 Å². The molecule has 0 saturated heterocycles. The lowest BCUT2D eigenvalue weighted by Gasteiger charge is -2.29. The van der Waals surface area contributed by atoms with E-state index in [1.165, 1.54) is 6.07 Å². The molecule has 0 bridgehead atoms. The Balaban J connectivity index is 2.49. The van der Waals surface area contributed by atoms with Crippen LogP contribution in [0.1, 0.15) is 39.4 Å². The lowest BCUT2D eigenvalue weighted by atomic mass is 10.1. The molecule has 0 radical (unpaired) electrons. The maximum absolute atomic E-state index is 12.7. The van der Waals surface area contributed by atoms with Crippen LogP contribution >= 0.6 is 0 Å². The molecule has 1 N–H and O–H groups in total. The van der Waals surface area contributed by atoms with Crippen LogP contribution in [0.2, 0.25) is 0 Å². The van der Waals surface area contributed by atoms with Gasteiger partial charge in [0.2, 0.25) is 11.9 Å². The van der Waals surface area contributed by atoms with Gasteiger partial charge < -0.3 is 18.9 Å². The third-order valence-corrected chi connectivity index (χ3v) is 4.75. The topological polar surface area (TPSA) is 182 Å². The van der Waals surface area contributed by atoms with Crippen molar-refractivity contribution in [2.75, 3.05) is 12.0 Å². The van der Waals surface area contributed by atoms with Crippen LogP contribution in [0.3, 0.4) is 0 Å². The summed E-state index contributed by atoms with van der Waals surface area (Å²) in [5.41, 5.74) is 2.63. The Morgan fingerprint density at radius 3 is 2.08 bits per heavy atom. The Kier molecular flexibility index (Phi) is 11.0. The molecule has 0 aliphatic carbocycles. The predicted molar refractivity (Wildman–Crippen MR) is 136 cm³/mol. The summed E-state index contributed by atoms with van der Waals surface area (Å²) in [4.78, 5) is 75.8. The van der Waals surface area contributed by atoms with E-state index in [2.05, 4.69) is 15.5 Å². The number of nitrogens with zero attached hydrogens (tertiary/aromatic N) is 3. The van der Waals surface area contributed by atoms with Crippen molar-refractivity contribution in [1.29, 1.82) is 0 Å². The quantitative estimate of drug-likeness (QED) is 0.186. The molecular formula is C25H28N4O10. The van der Waals surface area contributed by atoms with Gasteiger partial charge >= 0.3 is 23.9 Å². The number of aromatic nitrogens is 2. The first kappa shape index (κ1) is 30.3. The fraction of sp³-hybridized carbons (Fsp3) is 0.360. The van der Waals surface area contributed by atoms with Gasteiger partial charge in [0.05, 0.1) is 11.9 Å². The van der Waals surface area contributed by atoms with E-state index in [0.29, 0.717) is 5.56 Å². The summed E-state index contributed by atoms with van der Waals surface area (Å²) >= 11 is 0. The number of carbonyl (C=O) groups is 5. The Morgan fingerprint density at radius 1 is 0.923 bits per heavy atom. The molecule has 0 aliphatic heterocycles. The van der Waals surface area contributed by atoms with E-state index in [9.17, 15) is 28.8 Å². The van der Waals surface area contributed by atoms with Crippen LogP contribution in [0.25, 0.3) is 11.3 Å². The lowest BCUT2D eigenvalue weighted by molar-refractivity contribution is -0.183. The molecular weight excluding hydrogens is 516 g/mol. The number of hydrazone groups is 1. The van der Waals surface area contributed by atoms with E-state index in [0.717, 1.165) is 45.4 Å². The Bertz CT molecular complexity index is 1310. The minimum atomic E-state index is -1.50. The second kappa shape index (κ2) is 14.2. The van der Waals surface area contributed by atoms with Gasteiger partial charge in [0, 0.05) is 46.2 Å². The van der Waals surface area contributed by atoms with Gasteiger partial charge in [0.15, 0.2) is 18.3 Å². The second-order valence-electron chi connectivity index (χ2n) is 8.01. The predicted octanol–water partition coefficient (Wildman–Crippen LogP) is 1.33. The molecule has 1 heterocycles. The summed E-state index contributed by atoms with van der Waals surface area (Å²) in [6.07, 6.45) is -3.39. The molecule has 39 heavy (non-hydrogen) atoms. The minimum absolute atomic E-state index is 0.251. The largest absolute Gasteiger partial charge is 0.462 e. The highest BCUT2D eigenvalue weighted by molar-refractivity contribution is 5.80. The molecule has 14 nitrogen and oxygen atoms in total. The van der Waals surface area contributed by atoms with Crippen molar-refractivity contribution < 1.29 is 42.9 Å². The molecule has 2 aromatic rings. The summed E-state index contributed by atoms with van der Waals surface area (Å²) < 4.78 is 21.3. The van der Waals surface area contributed by atoms with E-state index < -0.39 is 60.3 Å². The van der Waals surface area contributed by atoms with Gasteiger partial charge in [0.25, 0.3) is 5.56 Å². The van der Waals surface area contributed by atoms with Crippen molar-refractivity contribution >= 4 is 41.9 Å². The van der Waals surface area contributed by atoms with Crippen LogP contribution < -0.4 is 11.0 Å². The number of rotatable bonds is 11. The third kappa shape index (κ3) is 9.50. The molecule has 0 unspecified atom stereocenters. The highest BCUT2D eigenvalue weighted by Gasteiger charge is 2.37. The molecule has 208 valence electrons. The van der Waals surface area contributed by atoms with E-state index in [1.54, 1.807) is 30.3 Å². The highest BCUT2D eigenvalue weighted by Crippen LogP contribution is 2.17. The van der Waals surface area contributed by atoms with Crippen molar-refractivity contribution in [3.8, 4) is 11.3 Å². The van der Waals surface area contributed by atoms with Crippen LogP contribution in [0.4, 0.5) is 5.95 Å². The minimum Gasteiger partial charge on any atom is -0.462 e. The molecule has 0 fully saturated rings. The molecule has 14 heteroatoms. The SMILES string of the molecule is CC(=O)OC[C@H](OC(C)=O)[C@H](OC(C)=O)[C@H](/C=N/Nc1nc(-c2ccccc2)cc(=O)n1C(C)=O)OC(C)=O. The number of ether oxygens (including phenoxy) is 4. The van der Waals surface area contributed by atoms with Crippen LogP contribution in [0.5, 0.6) is 0 Å². The van der Waals surface area contributed by atoms with Crippen molar-refractivity contribution in [3.05, 3.63) is 46.8 Å². The van der Waals surface area contributed by atoms with E-state index >= 15 is 0 Å². The van der Waals surface area contributed by atoms with Gasteiger partial charge in [-0.05, 0) is 0 Å². The monoisotopic (exact) mass is 544 g/mol. The zero-order valence-electron chi connectivity index (χ0n) is 21.9. The molecule has 2 rings (SSSR count). The Morgan fingerprint density at radius 2 is 1.54 bits per heavy atom. The van der Waals surface area contributed by atoms with Crippen LogP contribution in [0, 0.1) is 0 Å². The van der Waals surface area contributed by atoms with Gasteiger partial charge in [-0.25, -0.2) is 15.0 Å². The number of esters is 4. The smallest absolute Gasteiger partial charge is 0.303 e. The van der Waals surface area contributed by atoms with Gasteiger partial charge in [-0.15, -0.1) is 0 Å². The van der Waals surface area contributed by atoms with Crippen LogP contribution in [-0.2, 0) is 38.1 Å². The molecule has 1 aromatic heterocycles. The fourth-order valence-electron chi connectivity index (χ4n) is 3.32. The van der Waals surface area contributed by atoms with Crippen molar-refractivity contribution in [1.82, 2.24) is 9.55 Å². The summed E-state index contributed by atoms with van der Waals surface area (Å²) in [6.45, 7) is 4.95. The second-order valence-corrected chi connectivity index (χ2v) is 8.01. The molecule has 1 aromatic carbocycles. The Hall–Kier alpha value is -4.88. The molecule has 3 atom stereocenters. The van der Waals surface area contributed by atoms with E-state index in [4.69, 9.17) is 18.9 Å². The number of benzene rings is 1. The Labute approximate surface area is 222 Å². The van der Waals surface area contributed by atoms with Gasteiger partial charge in [-0.3, -0.25) is 28.8 Å². The maximum atomic E-state index is 12.7. The van der Waals surface area contributed by atoms with Crippen LogP contribution in [0.15, 0.2) is 46.3 Å². The average molecular weight is 545 g/mol. The molecule has 0 spiro atoms. The number of anilines is 1. The van der Waals surface area contributed by atoms with Gasteiger partial charge in [-0.1, -0.05) is 30.3 Å². The van der Waals surface area contributed by atoms with Gasteiger partial charge in [0.1, 0.15) is 6.61 Å². The summed E-state index contributed by atoms with van der Waals surface area (Å²) in [7, 11) is 0.